The number of unbranched alkanes of at least 4 members (excludes halogenated alkanes) is 39. The minimum Gasteiger partial charge on any atom is -0.462 e. The number of allylic oxidation sites excluding steroid dienone is 14. The molecule has 6 nitrogen and oxygen atoms in total. The first-order valence-electron chi connectivity index (χ1n) is 35.1. The fourth-order valence-electron chi connectivity index (χ4n) is 10.0. The zero-order valence-electron chi connectivity index (χ0n) is 53.8. The highest BCUT2D eigenvalue weighted by Crippen LogP contribution is 2.16. The average Bonchev–Trinajstić information content (AvgIpc) is 3.47. The first-order valence-corrected chi connectivity index (χ1v) is 35.1. The number of carbonyl (C=O) groups excluding carboxylic acids is 3. The van der Waals surface area contributed by atoms with Gasteiger partial charge in [0.1, 0.15) is 13.2 Å². The Balaban J connectivity index is 4.36. The zero-order chi connectivity index (χ0) is 58.5. The fourth-order valence-corrected chi connectivity index (χ4v) is 10.0. The highest BCUT2D eigenvalue weighted by atomic mass is 16.6. The van der Waals surface area contributed by atoms with Crippen molar-refractivity contribution in [1.82, 2.24) is 0 Å². The van der Waals surface area contributed by atoms with Crippen LogP contribution in [0.25, 0.3) is 0 Å². The fraction of sp³-hybridized carbons (Fsp3) is 0.773. The highest BCUT2D eigenvalue weighted by Gasteiger charge is 2.19. The smallest absolute Gasteiger partial charge is 0.306 e. The lowest BCUT2D eigenvalue weighted by atomic mass is 10.1. The second-order valence-electron chi connectivity index (χ2n) is 23.4. The Morgan fingerprint density at radius 2 is 0.444 bits per heavy atom. The summed E-state index contributed by atoms with van der Waals surface area (Å²) in [6.45, 7) is 6.64. The Labute approximate surface area is 503 Å². The second kappa shape index (κ2) is 69.1. The predicted molar refractivity (Wildman–Crippen MR) is 353 cm³/mol. The van der Waals surface area contributed by atoms with Gasteiger partial charge in [-0.2, -0.15) is 0 Å². The van der Waals surface area contributed by atoms with E-state index in [1.165, 1.54) is 218 Å². The van der Waals surface area contributed by atoms with E-state index in [2.05, 4.69) is 106 Å². The monoisotopic (exact) mass is 1130 g/mol. The second-order valence-corrected chi connectivity index (χ2v) is 23.4. The summed E-state index contributed by atoms with van der Waals surface area (Å²) in [5.74, 6) is -0.886. The molecule has 0 fully saturated rings. The summed E-state index contributed by atoms with van der Waals surface area (Å²) in [7, 11) is 0. The van der Waals surface area contributed by atoms with E-state index < -0.39 is 6.10 Å². The minimum atomic E-state index is -0.788. The molecule has 0 spiro atoms. The topological polar surface area (TPSA) is 78.9 Å². The summed E-state index contributed by atoms with van der Waals surface area (Å²) in [6, 6.07) is 0. The van der Waals surface area contributed by atoms with Crippen LogP contribution in [0.5, 0.6) is 0 Å². The summed E-state index contributed by atoms with van der Waals surface area (Å²) in [4.78, 5) is 38.4. The number of carbonyl (C=O) groups is 3. The van der Waals surface area contributed by atoms with E-state index in [9.17, 15) is 14.4 Å². The number of hydrogen-bond acceptors (Lipinski definition) is 6. The molecule has 0 aromatic heterocycles. The molecule has 0 rings (SSSR count). The van der Waals surface area contributed by atoms with E-state index in [0.717, 1.165) is 96.3 Å². The van der Waals surface area contributed by atoms with Crippen molar-refractivity contribution < 1.29 is 28.6 Å². The van der Waals surface area contributed by atoms with Crippen LogP contribution in [-0.4, -0.2) is 37.2 Å². The molecule has 0 heterocycles. The Kier molecular flexibility index (Phi) is 66.2. The first-order chi connectivity index (χ1) is 40.0. The van der Waals surface area contributed by atoms with Crippen LogP contribution >= 0.6 is 0 Å². The van der Waals surface area contributed by atoms with E-state index in [4.69, 9.17) is 14.2 Å². The van der Waals surface area contributed by atoms with E-state index in [-0.39, 0.29) is 31.1 Å². The molecule has 1 atom stereocenters. The first kappa shape index (κ1) is 77.6. The maximum absolute atomic E-state index is 13.0. The summed E-state index contributed by atoms with van der Waals surface area (Å²) in [6.07, 6.45) is 91.7. The van der Waals surface area contributed by atoms with Crippen molar-refractivity contribution in [2.45, 2.75) is 361 Å². The maximum Gasteiger partial charge on any atom is 0.306 e. The van der Waals surface area contributed by atoms with E-state index in [1.54, 1.807) is 0 Å². The molecule has 0 bridgehead atoms. The average molecular weight is 1130 g/mol. The van der Waals surface area contributed by atoms with Crippen LogP contribution in [0.4, 0.5) is 0 Å². The normalized spacial score (nSPS) is 12.6. The molecule has 6 heteroatoms. The van der Waals surface area contributed by atoms with Crippen molar-refractivity contribution in [1.29, 1.82) is 0 Å². The molecule has 0 saturated heterocycles. The quantitative estimate of drug-likeness (QED) is 0.0261. The van der Waals surface area contributed by atoms with Gasteiger partial charge < -0.3 is 14.2 Å². The summed E-state index contributed by atoms with van der Waals surface area (Å²) in [5, 5.41) is 0. The molecule has 0 amide bonds. The Morgan fingerprint density at radius 1 is 0.247 bits per heavy atom. The molecule has 1 unspecified atom stereocenters. The Hall–Kier alpha value is -3.41. The summed E-state index contributed by atoms with van der Waals surface area (Å²) >= 11 is 0. The number of hydrogen-bond donors (Lipinski definition) is 0. The van der Waals surface area contributed by atoms with Gasteiger partial charge >= 0.3 is 17.9 Å². The standard InChI is InChI=1S/C75H132O6/c1-4-7-10-13-16-19-22-25-28-30-32-34-36-37-39-40-42-44-47-50-53-56-59-62-65-68-74(77)80-71-72(70-79-73(76)67-64-61-58-55-52-49-46-27-24-21-18-15-12-9-6-3)81-75(78)69-66-63-60-57-54-51-48-45-43-41-38-35-33-31-29-26-23-20-17-14-11-8-5-2/h22-23,25-27,30-33,36-38,41,46,72H,4-21,24,28-29,34-35,39-40,42-45,47-71H2,1-3H3/b25-22-,26-23-,32-30-,33-31-,37-36-,41-38-,46-27-. The van der Waals surface area contributed by atoms with Crippen LogP contribution in [0.3, 0.4) is 0 Å². The molecule has 0 saturated carbocycles. The number of ether oxygens (including phenoxy) is 3. The van der Waals surface area contributed by atoms with Crippen molar-refractivity contribution >= 4 is 17.9 Å². The van der Waals surface area contributed by atoms with Crippen molar-refractivity contribution in [3.05, 3.63) is 85.1 Å². The molecule has 0 aliphatic carbocycles. The SMILES string of the molecule is CCCCCCC/C=C\C/C=C\C/C=C\CCCCCCCCCCCCC(=O)OCC(COC(=O)CCCCCCC/C=C\CCCCCCCC)OC(=O)CCCCCCCCCC/C=C\C/C=C\C/C=C\CCCCCCC. The molecule has 0 aromatic rings. The van der Waals surface area contributed by atoms with Crippen LogP contribution in [0, 0.1) is 0 Å². The van der Waals surface area contributed by atoms with Gasteiger partial charge in [0.05, 0.1) is 0 Å². The van der Waals surface area contributed by atoms with Gasteiger partial charge in [0, 0.05) is 19.3 Å². The summed E-state index contributed by atoms with van der Waals surface area (Å²) in [5.41, 5.74) is 0. The van der Waals surface area contributed by atoms with Gasteiger partial charge in [-0.15, -0.1) is 0 Å². The Morgan fingerprint density at radius 3 is 0.704 bits per heavy atom. The molecule has 0 aromatic carbocycles. The minimum absolute atomic E-state index is 0.0829. The van der Waals surface area contributed by atoms with Gasteiger partial charge in [0.2, 0.25) is 0 Å². The maximum atomic E-state index is 13.0. The molecule has 0 aliphatic heterocycles. The summed E-state index contributed by atoms with van der Waals surface area (Å²) < 4.78 is 17.0. The number of rotatable bonds is 64. The third-order valence-corrected chi connectivity index (χ3v) is 15.3. The Bertz CT molecular complexity index is 1530. The molecule has 81 heavy (non-hydrogen) atoms. The van der Waals surface area contributed by atoms with Crippen molar-refractivity contribution in [2.75, 3.05) is 13.2 Å². The largest absolute Gasteiger partial charge is 0.462 e. The van der Waals surface area contributed by atoms with Gasteiger partial charge in [-0.1, -0.05) is 298 Å². The van der Waals surface area contributed by atoms with Crippen LogP contribution in [0.15, 0.2) is 85.1 Å². The lowest BCUT2D eigenvalue weighted by Crippen LogP contribution is -2.30. The van der Waals surface area contributed by atoms with E-state index in [1.807, 2.05) is 0 Å². The van der Waals surface area contributed by atoms with Gasteiger partial charge in [0.25, 0.3) is 0 Å². The van der Waals surface area contributed by atoms with Crippen LogP contribution in [0.2, 0.25) is 0 Å². The zero-order valence-corrected chi connectivity index (χ0v) is 53.8. The van der Waals surface area contributed by atoms with Gasteiger partial charge in [-0.25, -0.2) is 0 Å². The molecule has 468 valence electrons. The molecular formula is C75H132O6. The molecule has 0 N–H and O–H groups in total. The molecular weight excluding hydrogens is 997 g/mol. The van der Waals surface area contributed by atoms with Crippen molar-refractivity contribution in [3.63, 3.8) is 0 Å². The van der Waals surface area contributed by atoms with Gasteiger partial charge in [0.15, 0.2) is 6.10 Å². The lowest BCUT2D eigenvalue weighted by molar-refractivity contribution is -0.167. The van der Waals surface area contributed by atoms with E-state index in [0.29, 0.717) is 19.3 Å². The van der Waals surface area contributed by atoms with Crippen molar-refractivity contribution in [2.24, 2.45) is 0 Å². The third kappa shape index (κ3) is 67.3. The van der Waals surface area contributed by atoms with E-state index >= 15 is 0 Å². The van der Waals surface area contributed by atoms with Crippen molar-refractivity contribution in [3.8, 4) is 0 Å². The molecule has 0 aliphatic rings. The van der Waals surface area contributed by atoms with Gasteiger partial charge in [-0.3, -0.25) is 14.4 Å². The molecule has 0 radical (unpaired) electrons. The van der Waals surface area contributed by atoms with Crippen LogP contribution in [-0.2, 0) is 28.6 Å². The van der Waals surface area contributed by atoms with Gasteiger partial charge in [-0.05, 0) is 122 Å². The van der Waals surface area contributed by atoms with Crippen LogP contribution in [0.1, 0.15) is 355 Å². The number of esters is 3. The third-order valence-electron chi connectivity index (χ3n) is 15.3. The lowest BCUT2D eigenvalue weighted by Gasteiger charge is -2.18. The highest BCUT2D eigenvalue weighted by molar-refractivity contribution is 5.71. The van der Waals surface area contributed by atoms with Crippen LogP contribution < -0.4 is 0 Å². The predicted octanol–water partition coefficient (Wildman–Crippen LogP) is 24.2.